The van der Waals surface area contributed by atoms with E-state index in [1.54, 1.807) is 18.2 Å². The van der Waals surface area contributed by atoms with E-state index in [1.807, 2.05) is 13.8 Å². The van der Waals surface area contributed by atoms with Crippen molar-refractivity contribution >= 4 is 29.4 Å². The Balaban J connectivity index is 2.09. The summed E-state index contributed by atoms with van der Waals surface area (Å²) in [7, 11) is 0. The summed E-state index contributed by atoms with van der Waals surface area (Å²) < 4.78 is 19.5. The Morgan fingerprint density at radius 1 is 1.54 bits per heavy atom. The lowest BCUT2D eigenvalue weighted by Gasteiger charge is -2.23. The molecule has 1 aromatic heterocycles. The van der Waals surface area contributed by atoms with Gasteiger partial charge in [0.2, 0.25) is 5.91 Å². The number of ether oxygens (including phenoxy) is 1. The van der Waals surface area contributed by atoms with Gasteiger partial charge in [0.25, 0.3) is 0 Å². The zero-order valence-electron chi connectivity index (χ0n) is 13.9. The third-order valence-electron chi connectivity index (χ3n) is 3.54. The number of nitrogens with one attached hydrogen (secondary N) is 1. The van der Waals surface area contributed by atoms with Gasteiger partial charge < -0.3 is 10.1 Å². The van der Waals surface area contributed by atoms with Crippen LogP contribution in [0.4, 0.5) is 15.0 Å². The highest BCUT2D eigenvalue weighted by molar-refractivity contribution is 6.29. The first kappa shape index (κ1) is 18.4. The third kappa shape index (κ3) is 4.80. The standard InChI is InChI=1S/C16H21ClFN3O3/c1-10(2)8-24-15(23)21-9-16(3,18)7-11(21)14(22)20-13-6-4-5-12(17)19-13/h4-6,10-11H,7-9H2,1-3H3,(H,19,20,22). The van der Waals surface area contributed by atoms with Gasteiger partial charge in [-0.1, -0.05) is 31.5 Å². The van der Waals surface area contributed by atoms with E-state index >= 15 is 0 Å². The van der Waals surface area contributed by atoms with Gasteiger partial charge in [0.1, 0.15) is 22.7 Å². The molecule has 0 aliphatic carbocycles. The van der Waals surface area contributed by atoms with Crippen LogP contribution in [0.5, 0.6) is 0 Å². The zero-order chi connectivity index (χ0) is 17.9. The molecule has 1 saturated heterocycles. The first-order chi connectivity index (χ1) is 11.2. The molecule has 2 heterocycles. The fourth-order valence-corrected chi connectivity index (χ4v) is 2.64. The molecule has 0 saturated carbocycles. The normalized spacial score (nSPS) is 23.4. The van der Waals surface area contributed by atoms with Crippen LogP contribution in [-0.2, 0) is 9.53 Å². The Hall–Kier alpha value is -1.89. The molecule has 1 aliphatic heterocycles. The predicted molar refractivity (Wildman–Crippen MR) is 88.7 cm³/mol. The van der Waals surface area contributed by atoms with Crippen LogP contribution in [-0.4, -0.2) is 46.7 Å². The summed E-state index contributed by atoms with van der Waals surface area (Å²) in [6.07, 6.45) is -0.791. The Kier molecular flexibility index (Phi) is 5.64. The van der Waals surface area contributed by atoms with E-state index in [1.165, 1.54) is 6.92 Å². The lowest BCUT2D eigenvalue weighted by atomic mass is 10.0. The number of alkyl halides is 1. The smallest absolute Gasteiger partial charge is 0.410 e. The van der Waals surface area contributed by atoms with E-state index < -0.39 is 23.7 Å². The minimum atomic E-state index is -1.65. The van der Waals surface area contributed by atoms with Crippen molar-refractivity contribution in [2.24, 2.45) is 5.92 Å². The van der Waals surface area contributed by atoms with E-state index in [9.17, 15) is 14.0 Å². The number of hydrogen-bond donors (Lipinski definition) is 1. The summed E-state index contributed by atoms with van der Waals surface area (Å²) >= 11 is 5.78. The van der Waals surface area contributed by atoms with Crippen LogP contribution < -0.4 is 5.32 Å². The summed E-state index contributed by atoms with van der Waals surface area (Å²) in [6.45, 7) is 5.17. The van der Waals surface area contributed by atoms with Gasteiger partial charge in [-0.2, -0.15) is 0 Å². The van der Waals surface area contributed by atoms with Gasteiger partial charge in [0.05, 0.1) is 13.2 Å². The van der Waals surface area contributed by atoms with Crippen LogP contribution in [0.15, 0.2) is 18.2 Å². The Bertz CT molecular complexity index is 624. The summed E-state index contributed by atoms with van der Waals surface area (Å²) in [5.41, 5.74) is -1.65. The molecule has 0 spiro atoms. The second kappa shape index (κ2) is 7.34. The van der Waals surface area contributed by atoms with E-state index in [-0.39, 0.29) is 36.5 Å². The largest absolute Gasteiger partial charge is 0.449 e. The molecule has 2 rings (SSSR count). The maximum atomic E-state index is 14.4. The lowest BCUT2D eigenvalue weighted by Crippen LogP contribution is -2.44. The number of aromatic nitrogens is 1. The molecule has 132 valence electrons. The maximum absolute atomic E-state index is 14.4. The van der Waals surface area contributed by atoms with E-state index in [2.05, 4.69) is 10.3 Å². The molecule has 8 heteroatoms. The fourth-order valence-electron chi connectivity index (χ4n) is 2.48. The average Bonchev–Trinajstić information content (AvgIpc) is 2.81. The van der Waals surface area contributed by atoms with Gasteiger partial charge in [-0.05, 0) is 25.0 Å². The van der Waals surface area contributed by atoms with Gasteiger partial charge in [-0.15, -0.1) is 0 Å². The molecule has 0 aromatic carbocycles. The van der Waals surface area contributed by atoms with Crippen LogP contribution in [0.2, 0.25) is 5.15 Å². The summed E-state index contributed by atoms with van der Waals surface area (Å²) in [5.74, 6) is -0.126. The Labute approximate surface area is 145 Å². The molecular weight excluding hydrogens is 337 g/mol. The molecule has 0 bridgehead atoms. The van der Waals surface area contributed by atoms with Crippen molar-refractivity contribution in [1.29, 1.82) is 0 Å². The van der Waals surface area contributed by atoms with Crippen LogP contribution in [0.1, 0.15) is 27.2 Å². The number of carbonyl (C=O) groups excluding carboxylic acids is 2. The SMILES string of the molecule is CC(C)COC(=O)N1CC(C)(F)CC1C(=O)Nc1cccc(Cl)n1. The number of carbonyl (C=O) groups is 2. The summed E-state index contributed by atoms with van der Waals surface area (Å²) in [4.78, 5) is 29.7. The van der Waals surface area contributed by atoms with Crippen molar-refractivity contribution in [3.63, 3.8) is 0 Å². The maximum Gasteiger partial charge on any atom is 0.410 e. The van der Waals surface area contributed by atoms with Crippen molar-refractivity contribution in [1.82, 2.24) is 9.88 Å². The Morgan fingerprint density at radius 2 is 2.25 bits per heavy atom. The van der Waals surface area contributed by atoms with E-state index in [0.29, 0.717) is 0 Å². The van der Waals surface area contributed by atoms with Gasteiger partial charge >= 0.3 is 6.09 Å². The first-order valence-electron chi connectivity index (χ1n) is 7.74. The van der Waals surface area contributed by atoms with Crippen molar-refractivity contribution in [3.8, 4) is 0 Å². The number of likely N-dealkylation sites (tertiary alicyclic amines) is 1. The molecule has 1 N–H and O–H groups in total. The van der Waals surface area contributed by atoms with Crippen molar-refractivity contribution in [2.75, 3.05) is 18.5 Å². The monoisotopic (exact) mass is 357 g/mol. The van der Waals surface area contributed by atoms with Crippen molar-refractivity contribution in [3.05, 3.63) is 23.4 Å². The van der Waals surface area contributed by atoms with Gasteiger partial charge in [0, 0.05) is 6.42 Å². The molecule has 24 heavy (non-hydrogen) atoms. The molecule has 2 unspecified atom stereocenters. The number of nitrogens with zero attached hydrogens (tertiary/aromatic N) is 2. The second-order valence-electron chi connectivity index (χ2n) is 6.57. The van der Waals surface area contributed by atoms with E-state index in [0.717, 1.165) is 4.90 Å². The summed E-state index contributed by atoms with van der Waals surface area (Å²) in [5, 5.41) is 2.79. The minimum absolute atomic E-state index is 0.101. The van der Waals surface area contributed by atoms with Gasteiger partial charge in [0.15, 0.2) is 0 Å². The highest BCUT2D eigenvalue weighted by Gasteiger charge is 2.47. The van der Waals surface area contributed by atoms with Gasteiger partial charge in [-0.25, -0.2) is 14.2 Å². The molecular formula is C16H21ClFN3O3. The highest BCUT2D eigenvalue weighted by Crippen LogP contribution is 2.31. The molecule has 2 atom stereocenters. The van der Waals surface area contributed by atoms with Crippen LogP contribution >= 0.6 is 11.6 Å². The molecule has 6 nitrogen and oxygen atoms in total. The Morgan fingerprint density at radius 3 is 2.88 bits per heavy atom. The second-order valence-corrected chi connectivity index (χ2v) is 6.95. The number of rotatable bonds is 4. The molecule has 2 amide bonds. The highest BCUT2D eigenvalue weighted by atomic mass is 35.5. The van der Waals surface area contributed by atoms with Crippen LogP contribution in [0.3, 0.4) is 0 Å². The lowest BCUT2D eigenvalue weighted by molar-refractivity contribution is -0.120. The number of pyridine rings is 1. The average molecular weight is 358 g/mol. The van der Waals surface area contributed by atoms with Crippen LogP contribution in [0, 0.1) is 5.92 Å². The zero-order valence-corrected chi connectivity index (χ0v) is 14.6. The van der Waals surface area contributed by atoms with Crippen molar-refractivity contribution in [2.45, 2.75) is 38.9 Å². The quantitative estimate of drug-likeness (QED) is 0.839. The molecule has 1 aromatic rings. The third-order valence-corrected chi connectivity index (χ3v) is 3.75. The molecule has 1 aliphatic rings. The van der Waals surface area contributed by atoms with Crippen molar-refractivity contribution < 1.29 is 18.7 Å². The first-order valence-corrected chi connectivity index (χ1v) is 8.11. The fraction of sp³-hybridized carbons (Fsp3) is 0.562. The minimum Gasteiger partial charge on any atom is -0.449 e. The predicted octanol–water partition coefficient (Wildman–Crippen LogP) is 3.27. The number of hydrogen-bond acceptors (Lipinski definition) is 4. The molecule has 0 radical (unpaired) electrons. The topological polar surface area (TPSA) is 71.5 Å². The van der Waals surface area contributed by atoms with E-state index in [4.69, 9.17) is 16.3 Å². The number of amides is 2. The summed E-state index contributed by atoms with van der Waals surface area (Å²) in [6, 6.07) is 3.81. The van der Waals surface area contributed by atoms with Crippen LogP contribution in [0.25, 0.3) is 0 Å². The molecule has 1 fully saturated rings. The number of halogens is 2. The number of anilines is 1. The van der Waals surface area contributed by atoms with Gasteiger partial charge in [-0.3, -0.25) is 9.69 Å².